The molecule has 1 N–H and O–H groups in total. The number of hydrogen-bond donors (Lipinski definition) is 1. The number of carbonyl (C=O) groups excluding carboxylic acids is 2. The molecular weight excluding hydrogens is 312 g/mol. The zero-order valence-corrected chi connectivity index (χ0v) is 13.7. The Hall–Kier alpha value is -2.84. The van der Waals surface area contributed by atoms with Gasteiger partial charge in [0.05, 0.1) is 17.3 Å². The van der Waals surface area contributed by atoms with Crippen LogP contribution in [-0.2, 0) is 0 Å². The third kappa shape index (κ3) is 2.72. The van der Waals surface area contributed by atoms with Crippen molar-refractivity contribution in [1.29, 1.82) is 0 Å². The molecule has 0 spiro atoms. The van der Waals surface area contributed by atoms with E-state index in [2.05, 4.69) is 30.2 Å². The quantitative estimate of drug-likeness (QED) is 0.885. The van der Waals surface area contributed by atoms with Gasteiger partial charge in [-0.1, -0.05) is 5.16 Å². The van der Waals surface area contributed by atoms with Gasteiger partial charge in [-0.3, -0.25) is 9.59 Å². The molecule has 1 aliphatic rings. The molecular formula is C15H18N6O3. The van der Waals surface area contributed by atoms with Crippen molar-refractivity contribution >= 4 is 11.8 Å². The minimum Gasteiger partial charge on any atom is -0.355 e. The van der Waals surface area contributed by atoms with Crippen molar-refractivity contribution in [3.05, 3.63) is 34.7 Å². The Morgan fingerprint density at radius 2 is 2.12 bits per heavy atom. The van der Waals surface area contributed by atoms with Gasteiger partial charge in [-0.15, -0.1) is 0 Å². The molecule has 24 heavy (non-hydrogen) atoms. The van der Waals surface area contributed by atoms with Crippen LogP contribution in [0.25, 0.3) is 0 Å². The van der Waals surface area contributed by atoms with E-state index in [9.17, 15) is 9.59 Å². The average molecular weight is 330 g/mol. The lowest BCUT2D eigenvalue weighted by Gasteiger charge is -2.25. The molecule has 1 saturated heterocycles. The molecule has 0 saturated carbocycles. The summed E-state index contributed by atoms with van der Waals surface area (Å²) in [6.45, 7) is 3.98. The highest BCUT2D eigenvalue weighted by Gasteiger charge is 2.36. The number of aryl methyl sites for hydroxylation is 2. The van der Waals surface area contributed by atoms with Gasteiger partial charge in [0.15, 0.2) is 5.69 Å². The van der Waals surface area contributed by atoms with Gasteiger partial charge in [-0.25, -0.2) is 14.6 Å². The molecule has 9 nitrogen and oxygen atoms in total. The van der Waals surface area contributed by atoms with Crippen LogP contribution in [0.1, 0.15) is 56.9 Å². The zero-order valence-electron chi connectivity index (χ0n) is 13.7. The van der Waals surface area contributed by atoms with E-state index < -0.39 is 0 Å². The van der Waals surface area contributed by atoms with Crippen molar-refractivity contribution in [1.82, 2.24) is 30.5 Å². The average Bonchev–Trinajstić information content (AvgIpc) is 3.22. The highest BCUT2D eigenvalue weighted by Crippen LogP contribution is 2.33. The van der Waals surface area contributed by atoms with Gasteiger partial charge in [0, 0.05) is 19.8 Å². The molecule has 0 radical (unpaired) electrons. The largest absolute Gasteiger partial charge is 0.355 e. The predicted molar refractivity (Wildman–Crippen MR) is 82.2 cm³/mol. The summed E-state index contributed by atoms with van der Waals surface area (Å²) in [6.07, 6.45) is 3.04. The van der Waals surface area contributed by atoms with Gasteiger partial charge in [-0.05, 0) is 31.8 Å². The van der Waals surface area contributed by atoms with Crippen LogP contribution in [0.15, 0.2) is 10.8 Å². The van der Waals surface area contributed by atoms with E-state index in [1.54, 1.807) is 25.8 Å². The van der Waals surface area contributed by atoms with E-state index in [4.69, 9.17) is 0 Å². The second-order valence-corrected chi connectivity index (χ2v) is 5.65. The predicted octanol–water partition coefficient (Wildman–Crippen LogP) is 0.813. The summed E-state index contributed by atoms with van der Waals surface area (Å²) in [5, 5.41) is 9.93. The Morgan fingerprint density at radius 1 is 1.33 bits per heavy atom. The van der Waals surface area contributed by atoms with E-state index >= 15 is 0 Å². The molecule has 1 aliphatic heterocycles. The van der Waals surface area contributed by atoms with Crippen molar-refractivity contribution in [2.75, 3.05) is 13.6 Å². The molecule has 0 bridgehead atoms. The monoisotopic (exact) mass is 330 g/mol. The molecule has 126 valence electrons. The highest BCUT2D eigenvalue weighted by atomic mass is 16.6. The Kier molecular flexibility index (Phi) is 4.24. The van der Waals surface area contributed by atoms with Gasteiger partial charge in [0.25, 0.3) is 11.8 Å². The molecule has 2 aromatic rings. The van der Waals surface area contributed by atoms with Crippen LogP contribution in [0.2, 0.25) is 0 Å². The lowest BCUT2D eigenvalue weighted by atomic mass is 10.0. The lowest BCUT2D eigenvalue weighted by molar-refractivity contribution is 0.0717. The molecule has 3 heterocycles. The number of likely N-dealkylation sites (tertiary alicyclic amines) is 1. The summed E-state index contributed by atoms with van der Waals surface area (Å²) in [5.74, 6) is 0.00943. The van der Waals surface area contributed by atoms with Crippen LogP contribution in [0.5, 0.6) is 0 Å². The van der Waals surface area contributed by atoms with Gasteiger partial charge in [0.1, 0.15) is 11.5 Å². The van der Waals surface area contributed by atoms with Gasteiger partial charge in [-0.2, -0.15) is 0 Å². The second-order valence-electron chi connectivity index (χ2n) is 5.65. The van der Waals surface area contributed by atoms with Crippen molar-refractivity contribution in [2.24, 2.45) is 0 Å². The van der Waals surface area contributed by atoms with E-state index in [0.717, 1.165) is 12.8 Å². The lowest BCUT2D eigenvalue weighted by Crippen LogP contribution is -2.33. The van der Waals surface area contributed by atoms with E-state index in [-0.39, 0.29) is 23.6 Å². The maximum absolute atomic E-state index is 12.8. The Morgan fingerprint density at radius 3 is 2.79 bits per heavy atom. The number of rotatable bonds is 3. The van der Waals surface area contributed by atoms with E-state index in [1.165, 1.54) is 6.20 Å². The molecule has 0 aliphatic carbocycles. The molecule has 0 aromatic carbocycles. The van der Waals surface area contributed by atoms with E-state index in [1.807, 2.05) is 0 Å². The van der Waals surface area contributed by atoms with Crippen molar-refractivity contribution < 1.29 is 14.2 Å². The second kappa shape index (κ2) is 6.34. The van der Waals surface area contributed by atoms with Crippen LogP contribution in [0.3, 0.4) is 0 Å². The number of hydrogen-bond acceptors (Lipinski definition) is 7. The highest BCUT2D eigenvalue weighted by molar-refractivity contribution is 5.96. The van der Waals surface area contributed by atoms with Crippen molar-refractivity contribution in [3.8, 4) is 0 Å². The van der Waals surface area contributed by atoms with E-state index in [0.29, 0.717) is 29.3 Å². The molecule has 2 amide bonds. The maximum atomic E-state index is 12.8. The summed E-state index contributed by atoms with van der Waals surface area (Å²) in [4.78, 5) is 35.1. The third-order valence-electron chi connectivity index (χ3n) is 4.09. The van der Waals surface area contributed by atoms with Gasteiger partial charge >= 0.3 is 0 Å². The molecule has 0 unspecified atom stereocenters. The van der Waals surface area contributed by atoms with Crippen LogP contribution < -0.4 is 5.32 Å². The minimum atomic E-state index is -0.303. The summed E-state index contributed by atoms with van der Waals surface area (Å²) >= 11 is 0. The first-order valence-electron chi connectivity index (χ1n) is 7.68. The summed E-state index contributed by atoms with van der Waals surface area (Å²) in [7, 11) is 1.55. The van der Waals surface area contributed by atoms with Crippen LogP contribution in [0, 0.1) is 13.8 Å². The van der Waals surface area contributed by atoms with Gasteiger partial charge in [0.2, 0.25) is 0 Å². The maximum Gasteiger partial charge on any atom is 0.278 e. The number of carbonyl (C=O) groups is 2. The van der Waals surface area contributed by atoms with Crippen LogP contribution >= 0.6 is 0 Å². The molecule has 1 atom stereocenters. The number of nitrogens with zero attached hydrogens (tertiary/aromatic N) is 5. The topological polar surface area (TPSA) is 114 Å². The van der Waals surface area contributed by atoms with Crippen molar-refractivity contribution in [3.63, 3.8) is 0 Å². The molecule has 9 heteroatoms. The Bertz CT molecular complexity index is 787. The smallest absolute Gasteiger partial charge is 0.278 e. The standard InChI is InChI=1S/C15H18N6O3/c1-8-12(20-24-19-8)15(23)21-6-4-5-11(21)13-10(14(22)16-3)7-17-9(2)18-13/h7,11H,4-6H2,1-3H3,(H,16,22)/t11-/m0/s1. The minimum absolute atomic E-state index is 0.189. The summed E-state index contributed by atoms with van der Waals surface area (Å²) in [6, 6.07) is -0.303. The normalized spacial score (nSPS) is 17.1. The van der Waals surface area contributed by atoms with Gasteiger partial charge < -0.3 is 10.2 Å². The zero-order chi connectivity index (χ0) is 17.3. The third-order valence-corrected chi connectivity index (χ3v) is 4.09. The fraction of sp³-hybridized carbons (Fsp3) is 0.467. The summed E-state index contributed by atoms with van der Waals surface area (Å²) < 4.78 is 4.63. The SMILES string of the molecule is CNC(=O)c1cnc(C)nc1[C@@H]1CCCN1C(=O)c1nonc1C. The Balaban J connectivity index is 1.99. The van der Waals surface area contributed by atoms with Crippen molar-refractivity contribution in [2.45, 2.75) is 32.7 Å². The van der Waals surface area contributed by atoms with Crippen LogP contribution in [-0.4, -0.2) is 50.6 Å². The fourth-order valence-electron chi connectivity index (χ4n) is 2.91. The summed E-state index contributed by atoms with van der Waals surface area (Å²) in [5.41, 5.74) is 1.56. The molecule has 3 rings (SSSR count). The number of amides is 2. The Labute approximate surface area is 138 Å². The molecule has 1 fully saturated rings. The number of nitrogens with one attached hydrogen (secondary N) is 1. The first-order valence-corrected chi connectivity index (χ1v) is 7.68. The van der Waals surface area contributed by atoms with Crippen LogP contribution in [0.4, 0.5) is 0 Å². The first kappa shape index (κ1) is 16.0. The first-order chi connectivity index (χ1) is 11.5. The molecule has 2 aromatic heterocycles. The number of aromatic nitrogens is 4. The fourth-order valence-corrected chi connectivity index (χ4v) is 2.91.